The Morgan fingerprint density at radius 3 is 2.43 bits per heavy atom. The molecule has 2 aromatic rings. The third-order valence-corrected chi connectivity index (χ3v) is 5.93. The van der Waals surface area contributed by atoms with Crippen LogP contribution >= 0.6 is 11.8 Å². The van der Waals surface area contributed by atoms with Crippen LogP contribution in [0.15, 0.2) is 53.4 Å². The summed E-state index contributed by atoms with van der Waals surface area (Å²) < 4.78 is 5.20. The standard InChI is InChI=1S/C22H26N2O3S/c1-17-8-9-18(2)20(14-17)28-16-22(26)27-15-21(25)24-12-10-23(11-13-24)19-6-4-3-5-7-19/h3-9,14H,10-13,15-16H2,1-2H3. The highest BCUT2D eigenvalue weighted by Crippen LogP contribution is 2.23. The molecule has 0 atom stereocenters. The Hall–Kier alpha value is -2.47. The summed E-state index contributed by atoms with van der Waals surface area (Å²) in [6, 6.07) is 16.3. The molecule has 1 aliphatic heterocycles. The molecular formula is C22H26N2O3S. The van der Waals surface area contributed by atoms with Gasteiger partial charge in [-0.25, -0.2) is 0 Å². The summed E-state index contributed by atoms with van der Waals surface area (Å²) in [6.45, 7) is 6.71. The fourth-order valence-corrected chi connectivity index (χ4v) is 4.05. The Morgan fingerprint density at radius 2 is 1.71 bits per heavy atom. The molecule has 1 amide bonds. The number of aryl methyl sites for hydroxylation is 2. The van der Waals surface area contributed by atoms with Crippen molar-refractivity contribution in [2.75, 3.05) is 43.4 Å². The molecule has 0 N–H and O–H groups in total. The van der Waals surface area contributed by atoms with Crippen LogP contribution in [0.25, 0.3) is 0 Å². The molecule has 28 heavy (non-hydrogen) atoms. The smallest absolute Gasteiger partial charge is 0.316 e. The van der Waals surface area contributed by atoms with Gasteiger partial charge in [-0.2, -0.15) is 0 Å². The number of ether oxygens (including phenoxy) is 1. The predicted molar refractivity (Wildman–Crippen MR) is 113 cm³/mol. The minimum absolute atomic E-state index is 0.127. The largest absolute Gasteiger partial charge is 0.455 e. The van der Waals surface area contributed by atoms with Gasteiger partial charge in [-0.15, -0.1) is 11.8 Å². The minimum Gasteiger partial charge on any atom is -0.455 e. The lowest BCUT2D eigenvalue weighted by Crippen LogP contribution is -2.49. The molecule has 3 rings (SSSR count). The Labute approximate surface area is 170 Å². The van der Waals surface area contributed by atoms with Gasteiger partial charge in [-0.05, 0) is 37.6 Å². The Balaban J connectivity index is 1.39. The number of rotatable bonds is 6. The minimum atomic E-state index is -0.359. The summed E-state index contributed by atoms with van der Waals surface area (Å²) in [7, 11) is 0. The summed E-state index contributed by atoms with van der Waals surface area (Å²) in [5.74, 6) is -0.278. The molecule has 148 valence electrons. The Morgan fingerprint density at radius 1 is 1.00 bits per heavy atom. The second-order valence-corrected chi connectivity index (χ2v) is 7.94. The van der Waals surface area contributed by atoms with E-state index in [1.165, 1.54) is 17.4 Å². The molecule has 0 aromatic heterocycles. The number of anilines is 1. The van der Waals surface area contributed by atoms with E-state index in [1.807, 2.05) is 44.2 Å². The first-order valence-corrected chi connectivity index (χ1v) is 10.4. The quantitative estimate of drug-likeness (QED) is 0.552. The van der Waals surface area contributed by atoms with Crippen LogP contribution < -0.4 is 4.90 Å². The van der Waals surface area contributed by atoms with Crippen LogP contribution in [-0.4, -0.2) is 55.3 Å². The van der Waals surface area contributed by atoms with E-state index < -0.39 is 0 Å². The fourth-order valence-electron chi connectivity index (χ4n) is 3.13. The first kappa shape index (κ1) is 20.3. The van der Waals surface area contributed by atoms with Crippen molar-refractivity contribution in [1.29, 1.82) is 0 Å². The molecule has 6 heteroatoms. The van der Waals surface area contributed by atoms with E-state index >= 15 is 0 Å². The van der Waals surface area contributed by atoms with E-state index in [9.17, 15) is 9.59 Å². The van der Waals surface area contributed by atoms with Crippen molar-refractivity contribution in [3.05, 3.63) is 59.7 Å². The number of piperazine rings is 1. The zero-order valence-electron chi connectivity index (χ0n) is 16.4. The Bertz CT molecular complexity index is 818. The molecule has 1 heterocycles. The average molecular weight is 399 g/mol. The molecule has 0 spiro atoms. The maximum absolute atomic E-state index is 12.3. The van der Waals surface area contributed by atoms with E-state index in [4.69, 9.17) is 4.74 Å². The highest BCUT2D eigenvalue weighted by molar-refractivity contribution is 8.00. The maximum atomic E-state index is 12.3. The number of esters is 1. The molecule has 2 aromatic carbocycles. The number of carbonyl (C=O) groups is 2. The topological polar surface area (TPSA) is 49.9 Å². The lowest BCUT2D eigenvalue weighted by atomic mass is 10.2. The highest BCUT2D eigenvalue weighted by Gasteiger charge is 2.22. The van der Waals surface area contributed by atoms with Gasteiger partial charge in [0.25, 0.3) is 5.91 Å². The van der Waals surface area contributed by atoms with E-state index in [0.29, 0.717) is 13.1 Å². The highest BCUT2D eigenvalue weighted by atomic mass is 32.2. The van der Waals surface area contributed by atoms with Gasteiger partial charge >= 0.3 is 5.97 Å². The Kier molecular flexibility index (Phi) is 6.98. The van der Waals surface area contributed by atoms with Crippen LogP contribution in [0.1, 0.15) is 11.1 Å². The number of carbonyl (C=O) groups excluding carboxylic acids is 2. The number of benzene rings is 2. The van der Waals surface area contributed by atoms with Crippen molar-refractivity contribution in [3.8, 4) is 0 Å². The van der Waals surface area contributed by atoms with Crippen molar-refractivity contribution >= 4 is 29.3 Å². The SMILES string of the molecule is Cc1ccc(C)c(SCC(=O)OCC(=O)N2CCN(c3ccccc3)CC2)c1. The number of para-hydroxylation sites is 1. The second-order valence-electron chi connectivity index (χ2n) is 6.92. The van der Waals surface area contributed by atoms with E-state index in [2.05, 4.69) is 23.1 Å². The molecule has 0 aliphatic carbocycles. The van der Waals surface area contributed by atoms with E-state index in [1.54, 1.807) is 4.90 Å². The lowest BCUT2D eigenvalue weighted by molar-refractivity contribution is -0.150. The van der Waals surface area contributed by atoms with Crippen molar-refractivity contribution in [3.63, 3.8) is 0 Å². The molecule has 0 unspecified atom stereocenters. The summed E-state index contributed by atoms with van der Waals surface area (Å²) in [4.78, 5) is 29.5. The molecule has 1 aliphatic rings. The number of nitrogens with zero attached hydrogens (tertiary/aromatic N) is 2. The predicted octanol–water partition coefficient (Wildman–Crippen LogP) is 3.29. The second kappa shape index (κ2) is 9.64. The van der Waals surface area contributed by atoms with Crippen LogP contribution in [0.4, 0.5) is 5.69 Å². The van der Waals surface area contributed by atoms with Crippen molar-refractivity contribution in [2.45, 2.75) is 18.7 Å². The van der Waals surface area contributed by atoms with Gasteiger partial charge < -0.3 is 14.5 Å². The molecule has 0 saturated carbocycles. The van der Waals surface area contributed by atoms with Gasteiger partial charge in [-0.1, -0.05) is 35.9 Å². The third kappa shape index (κ3) is 5.52. The van der Waals surface area contributed by atoms with Gasteiger partial charge in [0, 0.05) is 36.8 Å². The summed E-state index contributed by atoms with van der Waals surface area (Å²) >= 11 is 1.45. The number of hydrogen-bond acceptors (Lipinski definition) is 5. The number of amides is 1. The summed E-state index contributed by atoms with van der Waals surface area (Å²) in [5.41, 5.74) is 3.46. The van der Waals surface area contributed by atoms with E-state index in [0.717, 1.165) is 29.1 Å². The lowest BCUT2D eigenvalue weighted by Gasteiger charge is -2.36. The van der Waals surface area contributed by atoms with Gasteiger partial charge in [0.15, 0.2) is 6.61 Å². The van der Waals surface area contributed by atoms with Crippen LogP contribution in [0.2, 0.25) is 0 Å². The summed E-state index contributed by atoms with van der Waals surface area (Å²) in [5, 5.41) is 0. The van der Waals surface area contributed by atoms with Gasteiger partial charge in [0.2, 0.25) is 0 Å². The van der Waals surface area contributed by atoms with Crippen LogP contribution in [0.3, 0.4) is 0 Å². The molecule has 1 saturated heterocycles. The maximum Gasteiger partial charge on any atom is 0.316 e. The van der Waals surface area contributed by atoms with Crippen molar-refractivity contribution < 1.29 is 14.3 Å². The van der Waals surface area contributed by atoms with Gasteiger partial charge in [0.05, 0.1) is 5.75 Å². The van der Waals surface area contributed by atoms with Gasteiger partial charge in [0.1, 0.15) is 0 Å². The van der Waals surface area contributed by atoms with Crippen molar-refractivity contribution in [2.24, 2.45) is 0 Å². The molecule has 1 fully saturated rings. The normalized spacial score (nSPS) is 14.1. The number of thioether (sulfide) groups is 1. The zero-order valence-corrected chi connectivity index (χ0v) is 17.2. The first-order chi connectivity index (χ1) is 13.5. The summed E-state index contributed by atoms with van der Waals surface area (Å²) in [6.07, 6.45) is 0. The molecule has 0 bridgehead atoms. The average Bonchev–Trinajstić information content (AvgIpc) is 2.73. The van der Waals surface area contributed by atoms with Crippen LogP contribution in [0, 0.1) is 13.8 Å². The monoisotopic (exact) mass is 398 g/mol. The van der Waals surface area contributed by atoms with Crippen LogP contribution in [0.5, 0.6) is 0 Å². The van der Waals surface area contributed by atoms with Gasteiger partial charge in [-0.3, -0.25) is 9.59 Å². The van der Waals surface area contributed by atoms with Crippen molar-refractivity contribution in [1.82, 2.24) is 4.90 Å². The van der Waals surface area contributed by atoms with Crippen LogP contribution in [-0.2, 0) is 14.3 Å². The zero-order chi connectivity index (χ0) is 19.9. The fraction of sp³-hybridized carbons (Fsp3) is 0.364. The molecule has 5 nitrogen and oxygen atoms in total. The molecular weight excluding hydrogens is 372 g/mol. The number of hydrogen-bond donors (Lipinski definition) is 0. The third-order valence-electron chi connectivity index (χ3n) is 4.80. The molecule has 0 radical (unpaired) electrons. The van der Waals surface area contributed by atoms with E-state index in [-0.39, 0.29) is 24.2 Å². The first-order valence-electron chi connectivity index (χ1n) is 9.46.